The van der Waals surface area contributed by atoms with Crippen LogP contribution in [0.1, 0.15) is 64.7 Å². The van der Waals surface area contributed by atoms with Crippen LogP contribution in [-0.4, -0.2) is 6.61 Å². The van der Waals surface area contributed by atoms with E-state index in [2.05, 4.69) is 25.7 Å². The molecule has 0 aromatic carbocycles. The Kier molecular flexibility index (Phi) is 6.69. The molecule has 2 aliphatic rings. The molecule has 0 aromatic rings. The van der Waals surface area contributed by atoms with Crippen LogP contribution in [-0.2, 0) is 4.74 Å². The second-order valence-electron chi connectivity index (χ2n) is 6.80. The lowest BCUT2D eigenvalue weighted by Crippen LogP contribution is -2.26. The molecule has 2 saturated carbocycles. The fourth-order valence-corrected chi connectivity index (χ4v) is 4.03. The van der Waals surface area contributed by atoms with Gasteiger partial charge in [0.2, 0.25) is 0 Å². The van der Waals surface area contributed by atoms with E-state index in [-0.39, 0.29) is 0 Å². The van der Waals surface area contributed by atoms with Crippen LogP contribution in [0.3, 0.4) is 0 Å². The van der Waals surface area contributed by atoms with Crippen LogP contribution in [0.25, 0.3) is 0 Å². The third kappa shape index (κ3) is 4.68. The summed E-state index contributed by atoms with van der Waals surface area (Å²) in [5.74, 6) is 3.62. The standard InChI is InChI=1S/C19H32O/c1-3-5-14-20-15-17-8-12-19(13-9-17)18-10-6-16(4-2)7-11-18/h4-5,14,16-19H,2-3,6-13,15H2,1H3/b14-5-. The van der Waals surface area contributed by atoms with Crippen molar-refractivity contribution in [1.29, 1.82) is 0 Å². The van der Waals surface area contributed by atoms with Crippen molar-refractivity contribution in [3.63, 3.8) is 0 Å². The molecular weight excluding hydrogens is 244 g/mol. The summed E-state index contributed by atoms with van der Waals surface area (Å²) in [6.45, 7) is 7.04. The summed E-state index contributed by atoms with van der Waals surface area (Å²) in [6, 6.07) is 0. The maximum atomic E-state index is 5.63. The van der Waals surface area contributed by atoms with E-state index >= 15 is 0 Å². The van der Waals surface area contributed by atoms with E-state index in [0.29, 0.717) is 0 Å². The first-order valence-electron chi connectivity index (χ1n) is 8.72. The first kappa shape index (κ1) is 15.7. The van der Waals surface area contributed by atoms with Crippen LogP contribution in [0, 0.1) is 23.7 Å². The molecule has 2 rings (SSSR count). The van der Waals surface area contributed by atoms with E-state index < -0.39 is 0 Å². The third-order valence-electron chi connectivity index (χ3n) is 5.47. The Morgan fingerprint density at radius 3 is 2.10 bits per heavy atom. The zero-order valence-electron chi connectivity index (χ0n) is 13.2. The van der Waals surface area contributed by atoms with Crippen molar-refractivity contribution in [3.8, 4) is 0 Å². The Bertz CT molecular complexity index is 291. The van der Waals surface area contributed by atoms with E-state index in [1.165, 1.54) is 51.4 Å². The molecule has 0 bridgehead atoms. The number of allylic oxidation sites excluding steroid dienone is 2. The largest absolute Gasteiger partial charge is 0.501 e. The molecule has 0 aromatic heterocycles. The zero-order chi connectivity index (χ0) is 14.2. The lowest BCUT2D eigenvalue weighted by atomic mass is 9.69. The van der Waals surface area contributed by atoms with Gasteiger partial charge in [-0.25, -0.2) is 0 Å². The van der Waals surface area contributed by atoms with Crippen LogP contribution in [0.2, 0.25) is 0 Å². The van der Waals surface area contributed by atoms with Gasteiger partial charge in [-0.05, 0) is 81.5 Å². The van der Waals surface area contributed by atoms with E-state index in [1.54, 1.807) is 0 Å². The van der Waals surface area contributed by atoms with Crippen molar-refractivity contribution in [3.05, 3.63) is 25.0 Å². The second kappa shape index (κ2) is 8.54. The Hall–Kier alpha value is -0.720. The predicted octanol–water partition coefficient (Wildman–Crippen LogP) is 5.73. The Morgan fingerprint density at radius 1 is 0.950 bits per heavy atom. The molecule has 1 nitrogen and oxygen atoms in total. The molecule has 2 aliphatic carbocycles. The summed E-state index contributed by atoms with van der Waals surface area (Å²) >= 11 is 0. The van der Waals surface area contributed by atoms with E-state index in [0.717, 1.165) is 36.7 Å². The minimum atomic E-state index is 0.803. The van der Waals surface area contributed by atoms with E-state index in [9.17, 15) is 0 Å². The summed E-state index contributed by atoms with van der Waals surface area (Å²) in [5.41, 5.74) is 0. The molecule has 1 heteroatoms. The summed E-state index contributed by atoms with van der Waals surface area (Å²) in [4.78, 5) is 0. The number of rotatable bonds is 6. The SMILES string of the molecule is C=CC1CCC(C2CCC(CO/C=C\CC)CC2)CC1. The number of hydrogen-bond acceptors (Lipinski definition) is 1. The smallest absolute Gasteiger partial charge is 0.0901 e. The Balaban J connectivity index is 1.64. The van der Waals surface area contributed by atoms with Gasteiger partial charge in [-0.15, -0.1) is 6.58 Å². The van der Waals surface area contributed by atoms with Crippen molar-refractivity contribution in [2.24, 2.45) is 23.7 Å². The van der Waals surface area contributed by atoms with Crippen molar-refractivity contribution in [1.82, 2.24) is 0 Å². The van der Waals surface area contributed by atoms with Gasteiger partial charge < -0.3 is 4.74 Å². The summed E-state index contributed by atoms with van der Waals surface area (Å²) < 4.78 is 5.63. The van der Waals surface area contributed by atoms with Crippen LogP contribution in [0.4, 0.5) is 0 Å². The van der Waals surface area contributed by atoms with Crippen molar-refractivity contribution in [2.45, 2.75) is 64.7 Å². The van der Waals surface area contributed by atoms with Gasteiger partial charge in [-0.2, -0.15) is 0 Å². The molecule has 0 heterocycles. The molecule has 0 saturated heterocycles. The van der Waals surface area contributed by atoms with Crippen LogP contribution in [0.15, 0.2) is 25.0 Å². The maximum absolute atomic E-state index is 5.63. The molecule has 0 amide bonds. The van der Waals surface area contributed by atoms with Crippen LogP contribution < -0.4 is 0 Å². The van der Waals surface area contributed by atoms with Gasteiger partial charge in [0.05, 0.1) is 12.9 Å². The summed E-state index contributed by atoms with van der Waals surface area (Å²) in [6.07, 6.45) is 18.5. The minimum Gasteiger partial charge on any atom is -0.501 e. The lowest BCUT2D eigenvalue weighted by Gasteiger charge is -2.37. The highest BCUT2D eigenvalue weighted by Crippen LogP contribution is 2.41. The monoisotopic (exact) mass is 276 g/mol. The molecule has 0 spiro atoms. The Morgan fingerprint density at radius 2 is 1.55 bits per heavy atom. The molecule has 0 radical (unpaired) electrons. The molecule has 0 aliphatic heterocycles. The predicted molar refractivity (Wildman–Crippen MR) is 86.5 cm³/mol. The molecule has 2 fully saturated rings. The van der Waals surface area contributed by atoms with Gasteiger partial charge in [0.1, 0.15) is 0 Å². The zero-order valence-corrected chi connectivity index (χ0v) is 13.2. The average Bonchev–Trinajstić information content (AvgIpc) is 2.52. The lowest BCUT2D eigenvalue weighted by molar-refractivity contribution is 0.113. The highest BCUT2D eigenvalue weighted by atomic mass is 16.5. The van der Waals surface area contributed by atoms with Crippen molar-refractivity contribution in [2.75, 3.05) is 6.61 Å². The fraction of sp³-hybridized carbons (Fsp3) is 0.789. The number of hydrogen-bond donors (Lipinski definition) is 0. The van der Waals surface area contributed by atoms with Gasteiger partial charge >= 0.3 is 0 Å². The number of ether oxygens (including phenoxy) is 1. The first-order valence-corrected chi connectivity index (χ1v) is 8.72. The van der Waals surface area contributed by atoms with Crippen molar-refractivity contribution >= 4 is 0 Å². The van der Waals surface area contributed by atoms with Gasteiger partial charge in [0.25, 0.3) is 0 Å². The quantitative estimate of drug-likeness (QED) is 0.445. The molecule has 20 heavy (non-hydrogen) atoms. The van der Waals surface area contributed by atoms with Crippen molar-refractivity contribution < 1.29 is 4.74 Å². The van der Waals surface area contributed by atoms with Gasteiger partial charge in [0.15, 0.2) is 0 Å². The second-order valence-corrected chi connectivity index (χ2v) is 6.80. The summed E-state index contributed by atoms with van der Waals surface area (Å²) in [7, 11) is 0. The molecule has 0 N–H and O–H groups in total. The highest BCUT2D eigenvalue weighted by Gasteiger charge is 2.30. The first-order chi connectivity index (χ1) is 9.83. The third-order valence-corrected chi connectivity index (χ3v) is 5.47. The van der Waals surface area contributed by atoms with Gasteiger partial charge in [0, 0.05) is 0 Å². The van der Waals surface area contributed by atoms with Gasteiger partial charge in [-0.3, -0.25) is 0 Å². The normalized spacial score (nSPS) is 35.0. The molecule has 0 atom stereocenters. The van der Waals surface area contributed by atoms with Crippen LogP contribution in [0.5, 0.6) is 0 Å². The molecule has 114 valence electrons. The molecular formula is C19H32O. The average molecular weight is 276 g/mol. The summed E-state index contributed by atoms with van der Waals surface area (Å²) in [5, 5.41) is 0. The minimum absolute atomic E-state index is 0.803. The molecule has 0 unspecified atom stereocenters. The van der Waals surface area contributed by atoms with Gasteiger partial charge in [-0.1, -0.05) is 19.1 Å². The topological polar surface area (TPSA) is 9.23 Å². The van der Waals surface area contributed by atoms with Crippen LogP contribution >= 0.6 is 0 Å². The fourth-order valence-electron chi connectivity index (χ4n) is 4.03. The maximum Gasteiger partial charge on any atom is 0.0901 e. The van der Waals surface area contributed by atoms with E-state index in [1.807, 2.05) is 6.26 Å². The highest BCUT2D eigenvalue weighted by molar-refractivity contribution is 4.87. The Labute approximate surface area is 125 Å². The van der Waals surface area contributed by atoms with E-state index in [4.69, 9.17) is 4.74 Å².